The summed E-state index contributed by atoms with van der Waals surface area (Å²) >= 11 is 0. The van der Waals surface area contributed by atoms with Crippen molar-refractivity contribution < 1.29 is 21.6 Å². The Morgan fingerprint density at radius 1 is 1.08 bits per heavy atom. The van der Waals surface area contributed by atoms with Gasteiger partial charge in [-0.15, -0.1) is 0 Å². The average Bonchev–Trinajstić information content (AvgIpc) is 2.54. The Balaban J connectivity index is 1.98. The van der Waals surface area contributed by atoms with Crippen molar-refractivity contribution in [3.63, 3.8) is 0 Å². The molecule has 0 saturated carbocycles. The predicted octanol–water partition coefficient (Wildman–Crippen LogP) is 1.45. The van der Waals surface area contributed by atoms with Crippen LogP contribution in [0.5, 0.6) is 0 Å². The first-order valence-corrected chi connectivity index (χ1v) is 11.8. The lowest BCUT2D eigenvalue weighted by molar-refractivity contribution is -0.131. The second-order valence-corrected chi connectivity index (χ2v) is 11.7. The van der Waals surface area contributed by atoms with Crippen molar-refractivity contribution in [1.29, 1.82) is 0 Å². The van der Waals surface area contributed by atoms with Crippen LogP contribution in [0.4, 0.5) is 0 Å². The first-order valence-electron chi connectivity index (χ1n) is 8.31. The molecule has 0 radical (unpaired) electrons. The van der Waals surface area contributed by atoms with Crippen LogP contribution in [-0.2, 0) is 30.9 Å². The number of carbonyl (C=O) groups excluding carboxylic acids is 1. The van der Waals surface area contributed by atoms with E-state index in [1.165, 1.54) is 18.4 Å². The van der Waals surface area contributed by atoms with Crippen molar-refractivity contribution in [3.8, 4) is 0 Å². The van der Waals surface area contributed by atoms with Gasteiger partial charge >= 0.3 is 0 Å². The molecule has 1 saturated heterocycles. The van der Waals surface area contributed by atoms with E-state index in [9.17, 15) is 21.6 Å². The number of sulfone groups is 2. The van der Waals surface area contributed by atoms with E-state index in [2.05, 4.69) is 0 Å². The molecule has 2 rings (SSSR count). The number of nitrogens with zero attached hydrogens (tertiary/aromatic N) is 1. The molecule has 8 heteroatoms. The van der Waals surface area contributed by atoms with Crippen LogP contribution in [0.25, 0.3) is 0 Å². The molecule has 1 aliphatic rings. The highest BCUT2D eigenvalue weighted by atomic mass is 32.2. The van der Waals surface area contributed by atoms with E-state index in [0.717, 1.165) is 5.56 Å². The van der Waals surface area contributed by atoms with Crippen LogP contribution in [-0.4, -0.2) is 57.5 Å². The van der Waals surface area contributed by atoms with Crippen LogP contribution < -0.4 is 0 Å². The van der Waals surface area contributed by atoms with Crippen molar-refractivity contribution in [2.75, 3.05) is 19.3 Å². The number of rotatable bonds is 5. The van der Waals surface area contributed by atoms with Gasteiger partial charge in [-0.2, -0.15) is 0 Å². The summed E-state index contributed by atoms with van der Waals surface area (Å²) < 4.78 is 47.3. The third-order valence-electron chi connectivity index (χ3n) is 4.63. The quantitative estimate of drug-likeness (QED) is 0.763. The van der Waals surface area contributed by atoms with E-state index in [1.807, 2.05) is 0 Å². The van der Waals surface area contributed by atoms with Gasteiger partial charge in [0.1, 0.15) is 9.84 Å². The molecule has 0 aromatic heterocycles. The first-order chi connectivity index (χ1) is 11.5. The van der Waals surface area contributed by atoms with Crippen molar-refractivity contribution in [2.24, 2.45) is 0 Å². The number of likely N-dealkylation sites (tertiary alicyclic amines) is 1. The minimum atomic E-state index is -3.31. The summed E-state index contributed by atoms with van der Waals surface area (Å²) in [6.45, 7) is 4.15. The molecule has 1 fully saturated rings. The molecule has 1 aliphatic heterocycles. The highest BCUT2D eigenvalue weighted by Crippen LogP contribution is 2.19. The second-order valence-electron chi connectivity index (χ2n) is 6.82. The molecule has 0 N–H and O–H groups in total. The van der Waals surface area contributed by atoms with Crippen molar-refractivity contribution in [2.45, 2.75) is 48.5 Å². The fraction of sp³-hybridized carbons (Fsp3) is 0.588. The first kappa shape index (κ1) is 19.9. The van der Waals surface area contributed by atoms with Crippen LogP contribution in [0.3, 0.4) is 0 Å². The van der Waals surface area contributed by atoms with Gasteiger partial charge in [0.25, 0.3) is 0 Å². The minimum Gasteiger partial charge on any atom is -0.342 e. The largest absolute Gasteiger partial charge is 0.342 e. The van der Waals surface area contributed by atoms with Crippen molar-refractivity contribution in [3.05, 3.63) is 29.8 Å². The number of hydrogen-bond acceptors (Lipinski definition) is 5. The number of carbonyl (C=O) groups is 1. The van der Waals surface area contributed by atoms with Crippen LogP contribution in [0.1, 0.15) is 32.3 Å². The number of amides is 1. The summed E-state index contributed by atoms with van der Waals surface area (Å²) in [5.41, 5.74) is 0.748. The van der Waals surface area contributed by atoms with Gasteiger partial charge in [-0.1, -0.05) is 12.1 Å². The van der Waals surface area contributed by atoms with E-state index in [4.69, 9.17) is 0 Å². The maximum atomic E-state index is 12.4. The van der Waals surface area contributed by atoms with Crippen LogP contribution in [0.15, 0.2) is 29.2 Å². The number of piperidine rings is 1. The molecule has 1 heterocycles. The zero-order chi connectivity index (χ0) is 18.8. The van der Waals surface area contributed by atoms with E-state index < -0.39 is 24.9 Å². The zero-order valence-electron chi connectivity index (χ0n) is 14.8. The van der Waals surface area contributed by atoms with E-state index >= 15 is 0 Å². The molecule has 1 aromatic rings. The number of hydrogen-bond donors (Lipinski definition) is 0. The van der Waals surface area contributed by atoms with Gasteiger partial charge < -0.3 is 4.90 Å². The normalized spacial score (nSPS) is 17.0. The fourth-order valence-electron chi connectivity index (χ4n) is 2.89. The maximum absolute atomic E-state index is 12.4. The fourth-order valence-corrected chi connectivity index (χ4v) is 5.02. The SMILES string of the molecule is CC(C)S(=O)(=O)c1ccc(CC(=O)N2CCC(S(C)(=O)=O)CC2)cc1. The lowest BCUT2D eigenvalue weighted by atomic mass is 10.1. The molecule has 1 amide bonds. The Hall–Kier alpha value is -1.41. The Morgan fingerprint density at radius 3 is 2.04 bits per heavy atom. The summed E-state index contributed by atoms with van der Waals surface area (Å²) in [6, 6.07) is 6.40. The van der Waals surface area contributed by atoms with E-state index in [0.29, 0.717) is 25.9 Å². The summed E-state index contributed by atoms with van der Waals surface area (Å²) in [6.07, 6.45) is 2.36. The predicted molar refractivity (Wildman–Crippen MR) is 96.9 cm³/mol. The van der Waals surface area contributed by atoms with Gasteiger partial charge in [0, 0.05) is 19.3 Å². The molecular formula is C17H25NO5S2. The lowest BCUT2D eigenvalue weighted by Crippen LogP contribution is -2.42. The van der Waals surface area contributed by atoms with Gasteiger partial charge in [-0.25, -0.2) is 16.8 Å². The van der Waals surface area contributed by atoms with E-state index in [1.54, 1.807) is 30.9 Å². The second kappa shape index (κ2) is 7.45. The Kier molecular flexibility index (Phi) is 5.93. The third-order valence-corrected chi connectivity index (χ3v) is 8.48. The highest BCUT2D eigenvalue weighted by Gasteiger charge is 2.28. The third kappa shape index (κ3) is 4.82. The maximum Gasteiger partial charge on any atom is 0.226 e. The summed E-state index contributed by atoms with van der Waals surface area (Å²) in [5, 5.41) is -0.854. The van der Waals surface area contributed by atoms with Gasteiger partial charge in [-0.05, 0) is 44.4 Å². The average molecular weight is 388 g/mol. The monoisotopic (exact) mass is 387 g/mol. The van der Waals surface area contributed by atoms with Gasteiger partial charge in [0.05, 0.1) is 21.8 Å². The molecule has 1 aromatic carbocycles. The summed E-state index contributed by atoms with van der Waals surface area (Å²) in [4.78, 5) is 14.3. The highest BCUT2D eigenvalue weighted by molar-refractivity contribution is 7.92. The van der Waals surface area contributed by atoms with Crippen LogP contribution in [0, 0.1) is 0 Å². The molecule has 0 atom stereocenters. The smallest absolute Gasteiger partial charge is 0.226 e. The van der Waals surface area contributed by atoms with Crippen LogP contribution >= 0.6 is 0 Å². The van der Waals surface area contributed by atoms with Crippen molar-refractivity contribution >= 4 is 25.6 Å². The molecule has 0 unspecified atom stereocenters. The summed E-state index contributed by atoms with van der Waals surface area (Å²) in [7, 11) is -6.37. The lowest BCUT2D eigenvalue weighted by Gasteiger charge is -2.31. The topological polar surface area (TPSA) is 88.6 Å². The molecule has 0 spiro atoms. The standard InChI is InChI=1S/C17H25NO5S2/c1-13(2)25(22,23)16-6-4-14(5-7-16)12-17(19)18-10-8-15(9-11-18)24(3,20)21/h4-7,13,15H,8-12H2,1-3H3. The number of benzene rings is 1. The molecule has 6 nitrogen and oxygen atoms in total. The Bertz CT molecular complexity index is 818. The molecule has 0 aliphatic carbocycles. The van der Waals surface area contributed by atoms with Crippen molar-refractivity contribution in [1.82, 2.24) is 4.90 Å². The van der Waals surface area contributed by atoms with Gasteiger partial charge in [0.2, 0.25) is 5.91 Å². The zero-order valence-corrected chi connectivity index (χ0v) is 16.4. The Labute approximate surface area is 150 Å². The molecule has 0 bridgehead atoms. The summed E-state index contributed by atoms with van der Waals surface area (Å²) in [5.74, 6) is -0.0635. The van der Waals surface area contributed by atoms with E-state index in [-0.39, 0.29) is 22.5 Å². The minimum absolute atomic E-state index is 0.0635. The van der Waals surface area contributed by atoms with Crippen LogP contribution in [0.2, 0.25) is 0 Å². The van der Waals surface area contributed by atoms with Gasteiger partial charge in [0.15, 0.2) is 9.84 Å². The molecule has 140 valence electrons. The van der Waals surface area contributed by atoms with Gasteiger partial charge in [-0.3, -0.25) is 4.79 Å². The molecule has 25 heavy (non-hydrogen) atoms. The Morgan fingerprint density at radius 2 is 1.60 bits per heavy atom. The molecular weight excluding hydrogens is 362 g/mol.